The van der Waals surface area contributed by atoms with Crippen molar-refractivity contribution in [2.75, 3.05) is 27.4 Å². The van der Waals surface area contributed by atoms with Crippen molar-refractivity contribution in [1.82, 2.24) is 4.90 Å². The highest BCUT2D eigenvalue weighted by Gasteiger charge is 2.39. The van der Waals surface area contributed by atoms with Crippen molar-refractivity contribution in [1.29, 1.82) is 0 Å². The Morgan fingerprint density at radius 1 is 1.09 bits per heavy atom. The first kappa shape index (κ1) is 32.8. The minimum Gasteiger partial charge on any atom is -0.492 e. The van der Waals surface area contributed by atoms with Crippen LogP contribution in [0, 0.1) is 0 Å². The Labute approximate surface area is 258 Å². The number of hydrogen-bond acceptors (Lipinski definition) is 9. The van der Waals surface area contributed by atoms with Crippen molar-refractivity contribution in [2.45, 2.75) is 87.7 Å². The van der Waals surface area contributed by atoms with Crippen LogP contribution in [0.3, 0.4) is 0 Å². The highest BCUT2D eigenvalue weighted by molar-refractivity contribution is 7.99. The molecule has 1 fully saturated rings. The van der Waals surface area contributed by atoms with Crippen molar-refractivity contribution in [2.24, 2.45) is 0 Å². The zero-order valence-electron chi connectivity index (χ0n) is 26.6. The number of nitrogens with zero attached hydrogens (tertiary/aromatic N) is 1. The number of hydrogen-bond donors (Lipinski definition) is 0. The molecule has 0 unspecified atom stereocenters. The molecule has 0 N–H and O–H groups in total. The summed E-state index contributed by atoms with van der Waals surface area (Å²) in [6.07, 6.45) is 1.34. The van der Waals surface area contributed by atoms with E-state index in [0.717, 1.165) is 17.7 Å². The van der Waals surface area contributed by atoms with Crippen LogP contribution >= 0.6 is 11.8 Å². The first-order valence-corrected chi connectivity index (χ1v) is 18.3. The fourth-order valence-electron chi connectivity index (χ4n) is 4.63. The standard InChI is InChI=1S/C32H43NO8SSi/c1-20(2)39-26-18-25-28(30(37-7)29(26)36-6)24(34)17-27(41-25)42-23-14-12-22(13-15-23)40-31(35)33-16-10-11-21(33)19-38-43(8,9)32(3,4)5/h12-15,17-18,20-21H,10-11,16,19H2,1-9H3/t21-/m0/s1. The quantitative estimate of drug-likeness (QED) is 0.209. The van der Waals surface area contributed by atoms with Crippen molar-refractivity contribution in [3.63, 3.8) is 0 Å². The van der Waals surface area contributed by atoms with Crippen LogP contribution in [0.2, 0.25) is 18.1 Å². The number of amides is 1. The van der Waals surface area contributed by atoms with Gasteiger partial charge in [-0.05, 0) is 69.1 Å². The van der Waals surface area contributed by atoms with Gasteiger partial charge >= 0.3 is 6.09 Å². The van der Waals surface area contributed by atoms with E-state index in [1.54, 1.807) is 23.1 Å². The van der Waals surface area contributed by atoms with E-state index in [1.807, 2.05) is 26.0 Å². The van der Waals surface area contributed by atoms with Gasteiger partial charge in [0.1, 0.15) is 16.7 Å². The fraction of sp³-hybridized carbons (Fsp3) is 0.500. The lowest BCUT2D eigenvalue weighted by molar-refractivity contribution is 0.126. The summed E-state index contributed by atoms with van der Waals surface area (Å²) in [4.78, 5) is 28.8. The summed E-state index contributed by atoms with van der Waals surface area (Å²) in [7, 11) is 1.06. The van der Waals surface area contributed by atoms with E-state index < -0.39 is 8.32 Å². The molecule has 3 aromatic rings. The molecule has 1 amide bonds. The van der Waals surface area contributed by atoms with Gasteiger partial charge in [-0.15, -0.1) is 0 Å². The maximum atomic E-state index is 13.1. The Balaban J connectivity index is 1.46. The molecule has 0 spiro atoms. The third-order valence-electron chi connectivity index (χ3n) is 7.94. The summed E-state index contributed by atoms with van der Waals surface area (Å²) in [6.45, 7) is 16.1. The molecule has 1 saturated heterocycles. The highest BCUT2D eigenvalue weighted by Crippen LogP contribution is 2.44. The molecule has 0 aliphatic carbocycles. The highest BCUT2D eigenvalue weighted by atomic mass is 32.2. The molecule has 0 radical (unpaired) electrons. The van der Waals surface area contributed by atoms with E-state index in [9.17, 15) is 9.59 Å². The third-order valence-corrected chi connectivity index (χ3v) is 13.4. The lowest BCUT2D eigenvalue weighted by Gasteiger charge is -2.37. The number of carbonyl (C=O) groups is 1. The second-order valence-corrected chi connectivity index (χ2v) is 18.3. The van der Waals surface area contributed by atoms with Crippen molar-refractivity contribution < 1.29 is 32.6 Å². The van der Waals surface area contributed by atoms with Crippen LogP contribution in [0.4, 0.5) is 4.79 Å². The molecule has 1 aromatic heterocycles. The number of methoxy groups -OCH3 is 2. The van der Waals surface area contributed by atoms with Gasteiger partial charge in [-0.2, -0.15) is 0 Å². The number of ether oxygens (including phenoxy) is 4. The van der Waals surface area contributed by atoms with E-state index in [1.165, 1.54) is 32.0 Å². The second kappa shape index (κ2) is 13.2. The average molecular weight is 630 g/mol. The van der Waals surface area contributed by atoms with E-state index in [4.69, 9.17) is 27.8 Å². The van der Waals surface area contributed by atoms with E-state index >= 15 is 0 Å². The molecule has 2 aromatic carbocycles. The minimum absolute atomic E-state index is 0.0114. The van der Waals surface area contributed by atoms with Crippen LogP contribution in [0.1, 0.15) is 47.5 Å². The summed E-state index contributed by atoms with van der Waals surface area (Å²) in [5.41, 5.74) is 0.0600. The SMILES string of the molecule is COc1c(OC(C)C)cc2oc(Sc3ccc(OC(=O)N4CCC[C@H]4CO[Si](C)(C)C(C)(C)C)cc3)cc(=O)c2c1OC. The minimum atomic E-state index is -1.91. The molecule has 11 heteroatoms. The Kier molecular flexibility index (Phi) is 10.1. The Morgan fingerprint density at radius 3 is 2.37 bits per heavy atom. The molecule has 4 rings (SSSR count). The van der Waals surface area contributed by atoms with Crippen LogP contribution in [0.15, 0.2) is 55.6 Å². The molecule has 1 aliphatic heterocycles. The van der Waals surface area contributed by atoms with Gasteiger partial charge in [-0.25, -0.2) is 4.79 Å². The van der Waals surface area contributed by atoms with Gasteiger partial charge in [0.05, 0.1) is 33.0 Å². The van der Waals surface area contributed by atoms with Gasteiger partial charge in [-0.3, -0.25) is 4.79 Å². The Morgan fingerprint density at radius 2 is 1.77 bits per heavy atom. The van der Waals surface area contributed by atoms with Crippen LogP contribution in [0.25, 0.3) is 11.0 Å². The maximum absolute atomic E-state index is 13.1. The molecule has 2 heterocycles. The van der Waals surface area contributed by atoms with Gasteiger partial charge < -0.3 is 32.7 Å². The van der Waals surface area contributed by atoms with Crippen LogP contribution in [0.5, 0.6) is 23.0 Å². The average Bonchev–Trinajstić information content (AvgIpc) is 3.40. The number of rotatable bonds is 10. The Bertz CT molecular complexity index is 1500. The lowest BCUT2D eigenvalue weighted by Crippen LogP contribution is -2.46. The van der Waals surface area contributed by atoms with Gasteiger partial charge in [0.2, 0.25) is 5.75 Å². The zero-order valence-corrected chi connectivity index (χ0v) is 28.4. The number of fused-ring (bicyclic) bond motifs is 1. The molecule has 1 atom stereocenters. The predicted molar refractivity (Wildman–Crippen MR) is 171 cm³/mol. The first-order valence-electron chi connectivity index (χ1n) is 14.5. The summed E-state index contributed by atoms with van der Waals surface area (Å²) in [5.74, 6) is 1.46. The third kappa shape index (κ3) is 7.50. The van der Waals surface area contributed by atoms with Crippen molar-refractivity contribution in [3.8, 4) is 23.0 Å². The molecular weight excluding hydrogens is 587 g/mol. The number of carbonyl (C=O) groups excluding carboxylic acids is 1. The smallest absolute Gasteiger partial charge is 0.415 e. The lowest BCUT2D eigenvalue weighted by atomic mass is 10.1. The number of benzene rings is 2. The maximum Gasteiger partial charge on any atom is 0.415 e. The summed E-state index contributed by atoms with van der Waals surface area (Å²) < 4.78 is 35.1. The van der Waals surface area contributed by atoms with E-state index in [-0.39, 0.29) is 39.8 Å². The van der Waals surface area contributed by atoms with Gasteiger partial charge in [-0.1, -0.05) is 32.5 Å². The summed E-state index contributed by atoms with van der Waals surface area (Å²) >= 11 is 1.28. The molecular formula is C32H43NO8SSi. The van der Waals surface area contributed by atoms with E-state index in [2.05, 4.69) is 33.9 Å². The number of likely N-dealkylation sites (tertiary alicyclic amines) is 1. The van der Waals surface area contributed by atoms with Gasteiger partial charge in [0, 0.05) is 23.6 Å². The van der Waals surface area contributed by atoms with Gasteiger partial charge in [0.25, 0.3) is 0 Å². The fourth-order valence-corrected chi connectivity index (χ4v) is 6.47. The molecule has 43 heavy (non-hydrogen) atoms. The Hall–Kier alpha value is -3.15. The van der Waals surface area contributed by atoms with Crippen LogP contribution in [-0.2, 0) is 4.43 Å². The molecule has 0 bridgehead atoms. The zero-order chi connectivity index (χ0) is 31.5. The van der Waals surface area contributed by atoms with E-state index in [0.29, 0.717) is 41.1 Å². The summed E-state index contributed by atoms with van der Waals surface area (Å²) in [5, 5.41) is 0.779. The topological polar surface area (TPSA) is 96.7 Å². The van der Waals surface area contributed by atoms with Crippen molar-refractivity contribution in [3.05, 3.63) is 46.6 Å². The molecule has 1 aliphatic rings. The molecule has 9 nitrogen and oxygen atoms in total. The molecule has 234 valence electrons. The predicted octanol–water partition coefficient (Wildman–Crippen LogP) is 7.73. The van der Waals surface area contributed by atoms with Crippen LogP contribution in [-0.4, -0.2) is 58.8 Å². The van der Waals surface area contributed by atoms with Gasteiger partial charge in [0.15, 0.2) is 30.3 Å². The largest absolute Gasteiger partial charge is 0.492 e. The summed E-state index contributed by atoms with van der Waals surface area (Å²) in [6, 6.07) is 10.2. The van der Waals surface area contributed by atoms with Crippen LogP contribution < -0.4 is 24.4 Å². The normalized spacial score (nSPS) is 15.7. The first-order chi connectivity index (χ1) is 20.2. The second-order valence-electron chi connectivity index (χ2n) is 12.4. The van der Waals surface area contributed by atoms with Crippen molar-refractivity contribution >= 4 is 37.1 Å². The molecule has 0 saturated carbocycles. The monoisotopic (exact) mass is 629 g/mol.